The molecule has 2 aromatic heterocycles. The van der Waals surface area contributed by atoms with Gasteiger partial charge < -0.3 is 15.4 Å². The molecule has 1 saturated carbocycles. The van der Waals surface area contributed by atoms with Crippen molar-refractivity contribution in [2.75, 3.05) is 17.7 Å². The minimum atomic E-state index is 0.468. The molecule has 136 valence electrons. The molecule has 7 heteroatoms. The lowest BCUT2D eigenvalue weighted by Gasteiger charge is -2.14. The Balaban J connectivity index is 1.57. The molecule has 1 fully saturated rings. The summed E-state index contributed by atoms with van der Waals surface area (Å²) in [7, 11) is 3.58. The van der Waals surface area contributed by atoms with Gasteiger partial charge in [0.1, 0.15) is 11.6 Å². The fourth-order valence-electron chi connectivity index (χ4n) is 3.40. The molecular formula is C19H24N6O. The summed E-state index contributed by atoms with van der Waals surface area (Å²) in [6.07, 6.45) is 6.72. The second-order valence-corrected chi connectivity index (χ2v) is 6.73. The van der Waals surface area contributed by atoms with Gasteiger partial charge in [-0.1, -0.05) is 25.0 Å². The Labute approximate surface area is 152 Å². The summed E-state index contributed by atoms with van der Waals surface area (Å²) < 4.78 is 7.00. The van der Waals surface area contributed by atoms with E-state index in [-0.39, 0.29) is 0 Å². The number of nitrogens with zero attached hydrogens (tertiary/aromatic N) is 4. The van der Waals surface area contributed by atoms with Crippen LogP contribution in [-0.4, -0.2) is 32.9 Å². The Bertz CT molecular complexity index is 883. The SMILES string of the molecule is COc1ccc(CNc2nc(NC3CCCC3)nc3c2cnn3C)cc1. The van der Waals surface area contributed by atoms with Gasteiger partial charge in [-0.3, -0.25) is 4.68 Å². The summed E-state index contributed by atoms with van der Waals surface area (Å²) in [5, 5.41) is 12.2. The number of hydrogen-bond acceptors (Lipinski definition) is 6. The second kappa shape index (κ2) is 7.19. The van der Waals surface area contributed by atoms with Gasteiger partial charge in [0.2, 0.25) is 5.95 Å². The van der Waals surface area contributed by atoms with E-state index in [9.17, 15) is 0 Å². The average Bonchev–Trinajstić information content (AvgIpc) is 3.31. The van der Waals surface area contributed by atoms with Crippen LogP contribution in [0.3, 0.4) is 0 Å². The van der Waals surface area contributed by atoms with Gasteiger partial charge in [-0.25, -0.2) is 0 Å². The van der Waals surface area contributed by atoms with Crippen LogP contribution in [0.1, 0.15) is 31.2 Å². The van der Waals surface area contributed by atoms with Gasteiger partial charge >= 0.3 is 0 Å². The van der Waals surface area contributed by atoms with Gasteiger partial charge in [-0.15, -0.1) is 0 Å². The van der Waals surface area contributed by atoms with E-state index in [0.717, 1.165) is 28.2 Å². The number of benzene rings is 1. The highest BCUT2D eigenvalue weighted by atomic mass is 16.5. The van der Waals surface area contributed by atoms with Crippen LogP contribution >= 0.6 is 0 Å². The van der Waals surface area contributed by atoms with Gasteiger partial charge in [0.15, 0.2) is 5.65 Å². The summed E-state index contributed by atoms with van der Waals surface area (Å²) in [5.41, 5.74) is 1.99. The first-order chi connectivity index (χ1) is 12.7. The van der Waals surface area contributed by atoms with E-state index in [2.05, 4.69) is 20.7 Å². The first-order valence-electron chi connectivity index (χ1n) is 9.06. The summed E-state index contributed by atoms with van der Waals surface area (Å²) in [6.45, 7) is 0.674. The highest BCUT2D eigenvalue weighted by Crippen LogP contribution is 2.25. The molecule has 1 aliphatic carbocycles. The van der Waals surface area contributed by atoms with E-state index in [0.29, 0.717) is 18.5 Å². The lowest BCUT2D eigenvalue weighted by Crippen LogP contribution is -2.17. The molecule has 0 bridgehead atoms. The molecule has 1 aliphatic rings. The molecule has 7 nitrogen and oxygen atoms in total. The predicted octanol–water partition coefficient (Wildman–Crippen LogP) is 3.34. The van der Waals surface area contributed by atoms with Crippen LogP contribution in [0.15, 0.2) is 30.5 Å². The molecule has 0 unspecified atom stereocenters. The molecule has 3 aromatic rings. The fourth-order valence-corrected chi connectivity index (χ4v) is 3.40. The molecule has 26 heavy (non-hydrogen) atoms. The molecule has 4 rings (SSSR count). The topological polar surface area (TPSA) is 76.9 Å². The monoisotopic (exact) mass is 352 g/mol. The Morgan fingerprint density at radius 3 is 2.65 bits per heavy atom. The van der Waals surface area contributed by atoms with Gasteiger partial charge in [0, 0.05) is 19.6 Å². The lowest BCUT2D eigenvalue weighted by atomic mass is 10.2. The maximum Gasteiger partial charge on any atom is 0.226 e. The van der Waals surface area contributed by atoms with Crippen LogP contribution in [0.4, 0.5) is 11.8 Å². The zero-order valence-electron chi connectivity index (χ0n) is 15.2. The fraction of sp³-hybridized carbons (Fsp3) is 0.421. The number of aryl methyl sites for hydroxylation is 1. The third kappa shape index (κ3) is 3.42. The zero-order valence-corrected chi connectivity index (χ0v) is 15.2. The van der Waals surface area contributed by atoms with Crippen LogP contribution in [0, 0.1) is 0 Å². The van der Waals surface area contributed by atoms with Crippen molar-refractivity contribution >= 4 is 22.8 Å². The highest BCUT2D eigenvalue weighted by molar-refractivity contribution is 5.87. The van der Waals surface area contributed by atoms with Crippen LogP contribution in [0.2, 0.25) is 0 Å². The Hall–Kier alpha value is -2.83. The smallest absolute Gasteiger partial charge is 0.226 e. The van der Waals surface area contributed by atoms with E-state index in [1.165, 1.54) is 25.7 Å². The molecule has 0 amide bonds. The quantitative estimate of drug-likeness (QED) is 0.708. The third-order valence-corrected chi connectivity index (χ3v) is 4.90. The number of methoxy groups -OCH3 is 1. The summed E-state index contributed by atoms with van der Waals surface area (Å²) in [6, 6.07) is 8.49. The summed E-state index contributed by atoms with van der Waals surface area (Å²) in [5.74, 6) is 2.33. The second-order valence-electron chi connectivity index (χ2n) is 6.73. The zero-order chi connectivity index (χ0) is 17.9. The molecule has 0 radical (unpaired) electrons. The largest absolute Gasteiger partial charge is 0.497 e. The van der Waals surface area contributed by atoms with Crippen molar-refractivity contribution < 1.29 is 4.74 Å². The Kier molecular flexibility index (Phi) is 4.60. The molecule has 2 heterocycles. The number of fused-ring (bicyclic) bond motifs is 1. The Morgan fingerprint density at radius 2 is 1.92 bits per heavy atom. The lowest BCUT2D eigenvalue weighted by molar-refractivity contribution is 0.414. The van der Waals surface area contributed by atoms with Crippen LogP contribution in [0.25, 0.3) is 11.0 Å². The van der Waals surface area contributed by atoms with E-state index >= 15 is 0 Å². The highest BCUT2D eigenvalue weighted by Gasteiger charge is 2.18. The average molecular weight is 352 g/mol. The minimum Gasteiger partial charge on any atom is -0.497 e. The minimum absolute atomic E-state index is 0.468. The number of ether oxygens (including phenoxy) is 1. The number of nitrogens with one attached hydrogen (secondary N) is 2. The standard InChI is InChI=1S/C19H24N6O/c1-25-18-16(12-21-25)17(20-11-13-7-9-15(26-2)10-8-13)23-19(24-18)22-14-5-3-4-6-14/h7-10,12,14H,3-6,11H2,1-2H3,(H2,20,22,23,24). The molecule has 0 saturated heterocycles. The van der Waals surface area contributed by atoms with Crippen molar-refractivity contribution in [3.8, 4) is 5.75 Å². The third-order valence-electron chi connectivity index (χ3n) is 4.90. The molecule has 0 atom stereocenters. The number of anilines is 2. The summed E-state index contributed by atoms with van der Waals surface area (Å²) >= 11 is 0. The maximum absolute atomic E-state index is 5.21. The van der Waals surface area contributed by atoms with Crippen molar-refractivity contribution in [3.05, 3.63) is 36.0 Å². The van der Waals surface area contributed by atoms with Crippen molar-refractivity contribution in [2.24, 2.45) is 7.05 Å². The first kappa shape index (κ1) is 16.6. The number of rotatable bonds is 6. The first-order valence-corrected chi connectivity index (χ1v) is 9.06. The number of aromatic nitrogens is 4. The number of hydrogen-bond donors (Lipinski definition) is 2. The Morgan fingerprint density at radius 1 is 1.15 bits per heavy atom. The summed E-state index contributed by atoms with van der Waals surface area (Å²) in [4.78, 5) is 9.37. The van der Waals surface area contributed by atoms with Gasteiger partial charge in [0.25, 0.3) is 0 Å². The van der Waals surface area contributed by atoms with Crippen LogP contribution < -0.4 is 15.4 Å². The molecular weight excluding hydrogens is 328 g/mol. The van der Waals surface area contributed by atoms with Crippen molar-refractivity contribution in [1.29, 1.82) is 0 Å². The van der Waals surface area contributed by atoms with Crippen molar-refractivity contribution in [2.45, 2.75) is 38.3 Å². The van der Waals surface area contributed by atoms with Crippen LogP contribution in [-0.2, 0) is 13.6 Å². The van der Waals surface area contributed by atoms with Crippen molar-refractivity contribution in [3.63, 3.8) is 0 Å². The van der Waals surface area contributed by atoms with Gasteiger partial charge in [-0.2, -0.15) is 15.1 Å². The van der Waals surface area contributed by atoms with Gasteiger partial charge in [-0.05, 0) is 30.5 Å². The molecule has 2 N–H and O–H groups in total. The molecule has 1 aromatic carbocycles. The van der Waals surface area contributed by atoms with E-state index in [1.807, 2.05) is 37.5 Å². The maximum atomic E-state index is 5.21. The molecule has 0 spiro atoms. The van der Waals surface area contributed by atoms with E-state index < -0.39 is 0 Å². The molecule has 0 aliphatic heterocycles. The van der Waals surface area contributed by atoms with Gasteiger partial charge in [0.05, 0.1) is 18.7 Å². The normalized spacial score (nSPS) is 14.7. The van der Waals surface area contributed by atoms with E-state index in [4.69, 9.17) is 9.72 Å². The van der Waals surface area contributed by atoms with Crippen molar-refractivity contribution in [1.82, 2.24) is 19.7 Å². The predicted molar refractivity (Wildman–Crippen MR) is 103 cm³/mol. The van der Waals surface area contributed by atoms with E-state index in [1.54, 1.807) is 11.8 Å². The van der Waals surface area contributed by atoms with Crippen LogP contribution in [0.5, 0.6) is 5.75 Å².